The van der Waals surface area contributed by atoms with Gasteiger partial charge in [-0.1, -0.05) is 0 Å². The molecule has 0 N–H and O–H groups in total. The maximum atomic E-state index is 13.0. The molecule has 0 spiro atoms. The third kappa shape index (κ3) is 3.63. The highest BCUT2D eigenvalue weighted by molar-refractivity contribution is 5.92. The van der Waals surface area contributed by atoms with Crippen molar-refractivity contribution in [3.05, 3.63) is 66.3 Å². The van der Waals surface area contributed by atoms with Crippen LogP contribution in [0.3, 0.4) is 0 Å². The molecule has 1 aliphatic rings. The fourth-order valence-electron chi connectivity index (χ4n) is 3.80. The zero-order valence-electron chi connectivity index (χ0n) is 15.5. The van der Waals surface area contributed by atoms with E-state index in [1.54, 1.807) is 16.9 Å². The van der Waals surface area contributed by atoms with Crippen molar-refractivity contribution in [3.8, 4) is 0 Å². The molecule has 1 aliphatic heterocycles. The molecule has 3 aromatic heterocycles. The summed E-state index contributed by atoms with van der Waals surface area (Å²) >= 11 is 0. The summed E-state index contributed by atoms with van der Waals surface area (Å²) < 4.78 is 3.95. The lowest BCUT2D eigenvalue weighted by Gasteiger charge is -2.32. The van der Waals surface area contributed by atoms with Crippen LogP contribution in [0.2, 0.25) is 0 Å². The minimum Gasteiger partial charge on any atom is -0.337 e. The van der Waals surface area contributed by atoms with Crippen molar-refractivity contribution in [2.75, 3.05) is 13.1 Å². The Balaban J connectivity index is 1.51. The Morgan fingerprint density at radius 1 is 1.19 bits per heavy atom. The quantitative estimate of drug-likeness (QED) is 0.698. The largest absolute Gasteiger partial charge is 0.337 e. The first kappa shape index (κ1) is 17.5. The molecule has 1 atom stereocenters. The number of rotatable bonds is 5. The monoisotopic (exact) mass is 364 g/mol. The van der Waals surface area contributed by atoms with Gasteiger partial charge in [0, 0.05) is 63.1 Å². The Morgan fingerprint density at radius 2 is 2.04 bits per heavy atom. The molecule has 1 amide bonds. The Bertz CT molecular complexity index is 900. The van der Waals surface area contributed by atoms with Crippen LogP contribution in [0.4, 0.5) is 0 Å². The Labute approximate surface area is 158 Å². The normalized spacial score (nSPS) is 17.2. The molecule has 4 heterocycles. The summed E-state index contributed by atoms with van der Waals surface area (Å²) in [6.07, 6.45) is 11.2. The molecule has 27 heavy (non-hydrogen) atoms. The van der Waals surface area contributed by atoms with E-state index < -0.39 is 0 Å². The van der Waals surface area contributed by atoms with Gasteiger partial charge in [-0.2, -0.15) is 5.10 Å². The number of aryl methyl sites for hydroxylation is 1. The fraction of sp³-hybridized carbons (Fsp3) is 0.400. The topological polar surface area (TPSA) is 68.8 Å². The maximum Gasteiger partial charge on any atom is 0.272 e. The van der Waals surface area contributed by atoms with Crippen LogP contribution in [0.1, 0.15) is 47.6 Å². The Kier molecular flexibility index (Phi) is 5.00. The highest BCUT2D eigenvalue weighted by Gasteiger charge is 2.29. The number of amides is 1. The van der Waals surface area contributed by atoms with Gasteiger partial charge in [0.25, 0.3) is 5.91 Å². The van der Waals surface area contributed by atoms with E-state index >= 15 is 0 Å². The van der Waals surface area contributed by atoms with E-state index in [1.807, 2.05) is 48.7 Å². The summed E-state index contributed by atoms with van der Waals surface area (Å²) in [5.41, 5.74) is 1.86. The van der Waals surface area contributed by atoms with E-state index in [-0.39, 0.29) is 11.8 Å². The molecule has 1 fully saturated rings. The number of pyridine rings is 1. The predicted molar refractivity (Wildman–Crippen MR) is 101 cm³/mol. The van der Waals surface area contributed by atoms with Crippen molar-refractivity contribution < 1.29 is 4.79 Å². The highest BCUT2D eigenvalue weighted by atomic mass is 16.2. The molecule has 0 aliphatic carbocycles. The first-order valence-corrected chi connectivity index (χ1v) is 9.47. The van der Waals surface area contributed by atoms with Gasteiger partial charge in [-0.3, -0.25) is 14.5 Å². The van der Waals surface area contributed by atoms with Crippen LogP contribution in [-0.4, -0.2) is 48.2 Å². The number of hydrogen-bond acceptors (Lipinski definition) is 4. The number of likely N-dealkylation sites (tertiary alicyclic amines) is 1. The third-order valence-corrected chi connectivity index (χ3v) is 5.16. The van der Waals surface area contributed by atoms with Crippen LogP contribution in [0.15, 0.2) is 49.2 Å². The number of carbonyl (C=O) groups excluding carboxylic acids is 1. The summed E-state index contributed by atoms with van der Waals surface area (Å²) in [4.78, 5) is 23.6. The Hall–Kier alpha value is -2.96. The van der Waals surface area contributed by atoms with Crippen molar-refractivity contribution in [3.63, 3.8) is 0 Å². The minimum atomic E-state index is 0.0614. The fourth-order valence-corrected chi connectivity index (χ4v) is 3.80. The second-order valence-electron chi connectivity index (χ2n) is 6.89. The molecule has 140 valence electrons. The smallest absolute Gasteiger partial charge is 0.272 e. The maximum absolute atomic E-state index is 13.0. The summed E-state index contributed by atoms with van der Waals surface area (Å²) in [7, 11) is 0. The van der Waals surface area contributed by atoms with Crippen molar-refractivity contribution in [1.82, 2.24) is 29.2 Å². The number of nitrogens with zero attached hydrogens (tertiary/aromatic N) is 6. The Morgan fingerprint density at radius 3 is 2.85 bits per heavy atom. The lowest BCUT2D eigenvalue weighted by molar-refractivity contribution is 0.0691. The molecular formula is C20H24N6O. The van der Waals surface area contributed by atoms with Gasteiger partial charge < -0.3 is 9.47 Å². The van der Waals surface area contributed by atoms with Gasteiger partial charge in [-0.05, 0) is 43.5 Å². The van der Waals surface area contributed by atoms with E-state index in [2.05, 4.69) is 19.6 Å². The van der Waals surface area contributed by atoms with E-state index in [9.17, 15) is 4.79 Å². The molecule has 4 rings (SSSR count). The van der Waals surface area contributed by atoms with Crippen LogP contribution >= 0.6 is 0 Å². The number of aromatic nitrogens is 5. The standard InChI is InChI=1S/C20H24N6O/c1-2-26-18(7-10-23-26)20(27)25-12-3-4-17(15-25)19-22-11-13-24(19)14-16-5-8-21-9-6-16/h5-11,13,17H,2-4,12,14-15H2,1H3/t17-/m1/s1. The van der Waals surface area contributed by atoms with Gasteiger partial charge in [0.05, 0.1) is 0 Å². The molecule has 0 unspecified atom stereocenters. The SMILES string of the molecule is CCn1nccc1C(=O)N1CCC[C@@H](c2nccn2Cc2ccncc2)C1. The molecule has 3 aromatic rings. The third-order valence-electron chi connectivity index (χ3n) is 5.16. The van der Waals surface area contributed by atoms with Gasteiger partial charge in [-0.15, -0.1) is 0 Å². The van der Waals surface area contributed by atoms with Crippen LogP contribution in [0.25, 0.3) is 0 Å². The van der Waals surface area contributed by atoms with Gasteiger partial charge in [0.2, 0.25) is 0 Å². The molecule has 1 saturated heterocycles. The molecular weight excluding hydrogens is 340 g/mol. The average Bonchev–Trinajstić information content (AvgIpc) is 3.37. The molecule has 0 aromatic carbocycles. The average molecular weight is 364 g/mol. The lowest BCUT2D eigenvalue weighted by atomic mass is 9.96. The van der Waals surface area contributed by atoms with Crippen molar-refractivity contribution >= 4 is 5.91 Å². The van der Waals surface area contributed by atoms with Gasteiger partial charge in [0.1, 0.15) is 11.5 Å². The summed E-state index contributed by atoms with van der Waals surface area (Å²) in [5, 5.41) is 4.23. The number of piperidine rings is 1. The van der Waals surface area contributed by atoms with Crippen LogP contribution in [-0.2, 0) is 13.1 Å². The van der Waals surface area contributed by atoms with Gasteiger partial charge in [0.15, 0.2) is 0 Å². The summed E-state index contributed by atoms with van der Waals surface area (Å²) in [6.45, 7) is 4.95. The van der Waals surface area contributed by atoms with E-state index in [1.165, 1.54) is 5.56 Å². The number of imidazole rings is 1. The number of carbonyl (C=O) groups is 1. The summed E-state index contributed by atoms with van der Waals surface area (Å²) in [6, 6.07) is 5.85. The van der Waals surface area contributed by atoms with Gasteiger partial charge in [-0.25, -0.2) is 4.98 Å². The predicted octanol–water partition coefficient (Wildman–Crippen LogP) is 2.56. The van der Waals surface area contributed by atoms with Crippen LogP contribution in [0.5, 0.6) is 0 Å². The highest BCUT2D eigenvalue weighted by Crippen LogP contribution is 2.27. The van der Waals surface area contributed by atoms with Crippen molar-refractivity contribution in [2.45, 2.75) is 38.8 Å². The zero-order chi connectivity index (χ0) is 18.6. The second kappa shape index (κ2) is 7.73. The molecule has 7 heteroatoms. The lowest BCUT2D eigenvalue weighted by Crippen LogP contribution is -2.40. The molecule has 0 bridgehead atoms. The van der Waals surface area contributed by atoms with Crippen molar-refractivity contribution in [1.29, 1.82) is 0 Å². The molecule has 7 nitrogen and oxygen atoms in total. The van der Waals surface area contributed by atoms with Crippen LogP contribution < -0.4 is 0 Å². The first-order valence-electron chi connectivity index (χ1n) is 9.47. The van der Waals surface area contributed by atoms with E-state index in [4.69, 9.17) is 0 Å². The second-order valence-corrected chi connectivity index (χ2v) is 6.89. The minimum absolute atomic E-state index is 0.0614. The first-order chi connectivity index (χ1) is 13.3. The van der Waals surface area contributed by atoms with Crippen molar-refractivity contribution in [2.24, 2.45) is 0 Å². The zero-order valence-corrected chi connectivity index (χ0v) is 15.5. The molecule has 0 radical (unpaired) electrons. The van der Waals surface area contributed by atoms with Gasteiger partial charge >= 0.3 is 0 Å². The van der Waals surface area contributed by atoms with E-state index in [0.717, 1.165) is 31.8 Å². The van der Waals surface area contributed by atoms with Crippen LogP contribution in [0, 0.1) is 0 Å². The molecule has 0 saturated carbocycles. The summed E-state index contributed by atoms with van der Waals surface area (Å²) in [5.74, 6) is 1.36. The number of hydrogen-bond donors (Lipinski definition) is 0. The van der Waals surface area contributed by atoms with E-state index in [0.29, 0.717) is 18.8 Å².